The number of halogens is 2. The molecule has 1 atom stereocenters. The van der Waals surface area contributed by atoms with Crippen LogP contribution in [0, 0.1) is 6.92 Å². The van der Waals surface area contributed by atoms with E-state index in [-0.39, 0.29) is 23.1 Å². The molecule has 0 spiro atoms. The van der Waals surface area contributed by atoms with Gasteiger partial charge in [0.1, 0.15) is 11.8 Å². The summed E-state index contributed by atoms with van der Waals surface area (Å²) in [6.45, 7) is -0.508. The summed E-state index contributed by atoms with van der Waals surface area (Å²) in [6.07, 6.45) is 1.06. The second-order valence-corrected chi connectivity index (χ2v) is 9.19. The minimum Gasteiger partial charge on any atom is -0.435 e. The van der Waals surface area contributed by atoms with E-state index in [0.29, 0.717) is 19.4 Å². The summed E-state index contributed by atoms with van der Waals surface area (Å²) in [4.78, 5) is 14.6. The molecule has 0 aliphatic carbocycles. The largest absolute Gasteiger partial charge is 0.435 e. The molecule has 0 aromatic heterocycles. The van der Waals surface area contributed by atoms with Gasteiger partial charge in [0.2, 0.25) is 15.9 Å². The Labute approximate surface area is 175 Å². The number of ether oxygens (including phenoxy) is 1. The number of likely N-dealkylation sites (N-methyl/N-ethyl adjacent to an activating group) is 1. The van der Waals surface area contributed by atoms with Gasteiger partial charge in [-0.3, -0.25) is 4.79 Å². The summed E-state index contributed by atoms with van der Waals surface area (Å²) < 4.78 is 56.2. The molecule has 1 aliphatic heterocycles. The van der Waals surface area contributed by atoms with Crippen molar-refractivity contribution < 1.29 is 26.7 Å². The van der Waals surface area contributed by atoms with Gasteiger partial charge >= 0.3 is 6.61 Å². The fourth-order valence-corrected chi connectivity index (χ4v) is 5.15. The fraction of sp³-hybridized carbons (Fsp3) is 0.381. The van der Waals surface area contributed by atoms with E-state index in [2.05, 4.69) is 4.74 Å². The Hall–Kier alpha value is -2.52. The predicted molar refractivity (Wildman–Crippen MR) is 108 cm³/mol. The Morgan fingerprint density at radius 2 is 1.80 bits per heavy atom. The second-order valence-electron chi connectivity index (χ2n) is 7.30. The van der Waals surface area contributed by atoms with Gasteiger partial charge in [-0.25, -0.2) is 8.42 Å². The van der Waals surface area contributed by atoms with Crippen molar-refractivity contribution in [2.24, 2.45) is 0 Å². The van der Waals surface area contributed by atoms with E-state index in [1.54, 1.807) is 43.4 Å². The number of benzene rings is 2. The number of nitrogens with zero attached hydrogens (tertiary/aromatic N) is 2. The van der Waals surface area contributed by atoms with Gasteiger partial charge in [0.05, 0.1) is 4.90 Å². The van der Waals surface area contributed by atoms with E-state index < -0.39 is 22.7 Å². The number of rotatable bonds is 7. The van der Waals surface area contributed by atoms with Crippen molar-refractivity contribution >= 4 is 15.9 Å². The maximum Gasteiger partial charge on any atom is 0.387 e. The highest BCUT2D eigenvalue weighted by Crippen LogP contribution is 2.28. The molecule has 1 saturated heterocycles. The van der Waals surface area contributed by atoms with Gasteiger partial charge in [0.15, 0.2) is 0 Å². The molecule has 0 radical (unpaired) electrons. The average molecular weight is 438 g/mol. The summed E-state index contributed by atoms with van der Waals surface area (Å²) >= 11 is 0. The highest BCUT2D eigenvalue weighted by Gasteiger charge is 2.40. The van der Waals surface area contributed by atoms with Crippen LogP contribution in [0.25, 0.3) is 0 Å². The van der Waals surface area contributed by atoms with Gasteiger partial charge in [-0.2, -0.15) is 13.1 Å². The summed E-state index contributed by atoms with van der Waals surface area (Å²) in [6, 6.07) is 11.8. The minimum atomic E-state index is -3.77. The molecule has 6 nitrogen and oxygen atoms in total. The van der Waals surface area contributed by atoms with Crippen LogP contribution in [-0.2, 0) is 21.4 Å². The third kappa shape index (κ3) is 4.96. The van der Waals surface area contributed by atoms with Crippen molar-refractivity contribution in [3.63, 3.8) is 0 Å². The molecule has 30 heavy (non-hydrogen) atoms. The summed E-state index contributed by atoms with van der Waals surface area (Å²) in [7, 11) is -2.18. The van der Waals surface area contributed by atoms with Gasteiger partial charge in [0, 0.05) is 20.1 Å². The molecule has 2 aromatic rings. The van der Waals surface area contributed by atoms with E-state index in [4.69, 9.17) is 0 Å². The highest BCUT2D eigenvalue weighted by molar-refractivity contribution is 7.89. The smallest absolute Gasteiger partial charge is 0.387 e. The van der Waals surface area contributed by atoms with Crippen LogP contribution in [0.3, 0.4) is 0 Å². The van der Waals surface area contributed by atoms with Crippen molar-refractivity contribution in [1.29, 1.82) is 0 Å². The van der Waals surface area contributed by atoms with Crippen molar-refractivity contribution in [3.8, 4) is 5.75 Å². The molecule has 1 amide bonds. The van der Waals surface area contributed by atoms with Crippen LogP contribution < -0.4 is 4.74 Å². The van der Waals surface area contributed by atoms with E-state index in [0.717, 1.165) is 11.1 Å². The number of aryl methyl sites for hydroxylation is 1. The molecule has 0 N–H and O–H groups in total. The Morgan fingerprint density at radius 1 is 1.17 bits per heavy atom. The lowest BCUT2D eigenvalue weighted by molar-refractivity contribution is -0.133. The van der Waals surface area contributed by atoms with Gasteiger partial charge < -0.3 is 9.64 Å². The summed E-state index contributed by atoms with van der Waals surface area (Å²) in [5.41, 5.74) is 1.67. The van der Waals surface area contributed by atoms with Crippen LogP contribution in [-0.4, -0.2) is 49.8 Å². The first kappa shape index (κ1) is 22.2. The molecular weight excluding hydrogens is 414 g/mol. The molecule has 0 bridgehead atoms. The molecule has 9 heteroatoms. The average Bonchev–Trinajstić information content (AvgIpc) is 3.19. The Morgan fingerprint density at radius 3 is 2.40 bits per heavy atom. The zero-order chi connectivity index (χ0) is 21.9. The molecule has 2 aromatic carbocycles. The molecule has 0 saturated carbocycles. The van der Waals surface area contributed by atoms with E-state index >= 15 is 0 Å². The lowest BCUT2D eigenvalue weighted by Crippen LogP contribution is -2.46. The Bertz CT molecular complexity index is 979. The number of amides is 1. The van der Waals surface area contributed by atoms with Gasteiger partial charge in [-0.1, -0.05) is 29.8 Å². The second kappa shape index (κ2) is 9.09. The third-order valence-electron chi connectivity index (χ3n) is 5.06. The zero-order valence-electron chi connectivity index (χ0n) is 16.8. The van der Waals surface area contributed by atoms with Crippen LogP contribution in [0.15, 0.2) is 53.4 Å². The maximum atomic E-state index is 13.0. The van der Waals surface area contributed by atoms with E-state index in [1.165, 1.54) is 21.3 Å². The van der Waals surface area contributed by atoms with Crippen LogP contribution in [0.5, 0.6) is 5.75 Å². The molecule has 1 aliphatic rings. The number of alkyl halides is 2. The number of sulfonamides is 1. The monoisotopic (exact) mass is 438 g/mol. The molecule has 1 fully saturated rings. The van der Waals surface area contributed by atoms with Gasteiger partial charge in [-0.05, 0) is 49.6 Å². The van der Waals surface area contributed by atoms with E-state index in [9.17, 15) is 22.0 Å². The first-order valence-electron chi connectivity index (χ1n) is 9.56. The van der Waals surface area contributed by atoms with Crippen LogP contribution in [0.2, 0.25) is 0 Å². The summed E-state index contributed by atoms with van der Waals surface area (Å²) in [5.74, 6) is -0.259. The van der Waals surface area contributed by atoms with Crippen molar-refractivity contribution in [2.45, 2.75) is 43.9 Å². The number of carbonyl (C=O) groups excluding carboxylic acids is 1. The normalized spacial score (nSPS) is 17.3. The van der Waals surface area contributed by atoms with Crippen molar-refractivity contribution in [3.05, 3.63) is 59.7 Å². The molecule has 162 valence electrons. The number of carbonyl (C=O) groups is 1. The van der Waals surface area contributed by atoms with Crippen LogP contribution in [0.4, 0.5) is 8.78 Å². The van der Waals surface area contributed by atoms with Gasteiger partial charge in [-0.15, -0.1) is 0 Å². The van der Waals surface area contributed by atoms with Crippen LogP contribution >= 0.6 is 0 Å². The number of hydrogen-bond donors (Lipinski definition) is 0. The lowest BCUT2D eigenvalue weighted by Gasteiger charge is -2.27. The highest BCUT2D eigenvalue weighted by atomic mass is 32.2. The fourth-order valence-electron chi connectivity index (χ4n) is 3.50. The molecule has 1 heterocycles. The number of hydrogen-bond acceptors (Lipinski definition) is 4. The topological polar surface area (TPSA) is 66.9 Å². The molecular formula is C21H24F2N2O4S. The third-order valence-corrected chi connectivity index (χ3v) is 6.98. The lowest BCUT2D eigenvalue weighted by atomic mass is 10.1. The zero-order valence-corrected chi connectivity index (χ0v) is 17.6. The maximum absolute atomic E-state index is 13.0. The first-order chi connectivity index (χ1) is 14.2. The van der Waals surface area contributed by atoms with Crippen molar-refractivity contribution in [2.75, 3.05) is 13.6 Å². The SMILES string of the molecule is Cc1ccc(S(=O)(=O)N2CCCC2C(=O)N(C)Cc2ccc(OC(F)F)cc2)cc1. The minimum absolute atomic E-state index is 0.0360. The van der Waals surface area contributed by atoms with Crippen LogP contribution in [0.1, 0.15) is 24.0 Å². The van der Waals surface area contributed by atoms with E-state index in [1.807, 2.05) is 6.92 Å². The molecule has 1 unspecified atom stereocenters. The Kier molecular flexibility index (Phi) is 6.72. The summed E-state index contributed by atoms with van der Waals surface area (Å²) in [5, 5.41) is 0. The predicted octanol–water partition coefficient (Wildman–Crippen LogP) is 3.41. The Balaban J connectivity index is 1.71. The quantitative estimate of drug-likeness (QED) is 0.665. The molecule has 3 rings (SSSR count). The standard InChI is InChI=1S/C21H24F2N2O4S/c1-15-5-11-18(12-6-15)30(27,28)25-13-3-4-19(25)20(26)24(2)14-16-7-9-17(10-8-16)29-21(22)23/h5-12,19,21H,3-4,13-14H2,1-2H3. The first-order valence-corrected chi connectivity index (χ1v) is 11.0. The van der Waals surface area contributed by atoms with Gasteiger partial charge in [0.25, 0.3) is 0 Å². The van der Waals surface area contributed by atoms with Crippen molar-refractivity contribution in [1.82, 2.24) is 9.21 Å².